The fourth-order valence-electron chi connectivity index (χ4n) is 0.788. The summed E-state index contributed by atoms with van der Waals surface area (Å²) < 4.78 is 14.4. The first kappa shape index (κ1) is 9.29. The summed E-state index contributed by atoms with van der Waals surface area (Å²) in [6.07, 6.45) is 3.17. The minimum absolute atomic E-state index is 0.982. The third-order valence-corrected chi connectivity index (χ3v) is 1.83. The van der Waals surface area contributed by atoms with Gasteiger partial charge in [0.25, 0.3) is 0 Å². The molecule has 0 aliphatic carbocycles. The zero-order valence-electron chi connectivity index (χ0n) is 7.15. The highest BCUT2D eigenvalue weighted by atomic mass is 32.2. The standard InChI is InChI=1S/C9H11NOS/c1-8-3-5-9(6-4-8)7-10-12(2)11/h3-7H,1-2H3/b10-7+. The Labute approximate surface area is 75.7 Å². The van der Waals surface area contributed by atoms with Gasteiger partial charge in [0.15, 0.2) is 0 Å². The van der Waals surface area contributed by atoms with Crippen LogP contribution in [0.2, 0.25) is 0 Å². The van der Waals surface area contributed by atoms with Crippen LogP contribution in [-0.2, 0) is 11.4 Å². The summed E-state index contributed by atoms with van der Waals surface area (Å²) in [6, 6.07) is 7.90. The lowest BCUT2D eigenvalue weighted by molar-refractivity contribution is 0.603. The lowest BCUT2D eigenvalue weighted by Gasteiger charge is -1.94. The van der Waals surface area contributed by atoms with E-state index in [1.807, 2.05) is 31.2 Å². The van der Waals surface area contributed by atoms with Crippen LogP contribution in [0.25, 0.3) is 0 Å². The largest absolute Gasteiger partial charge is 0.592 e. The van der Waals surface area contributed by atoms with Gasteiger partial charge in [-0.3, -0.25) is 0 Å². The molecular formula is C9H11NOS. The minimum Gasteiger partial charge on any atom is -0.592 e. The topological polar surface area (TPSA) is 35.4 Å². The van der Waals surface area contributed by atoms with Gasteiger partial charge in [-0.25, -0.2) is 0 Å². The highest BCUT2D eigenvalue weighted by Crippen LogP contribution is 2.00. The van der Waals surface area contributed by atoms with E-state index in [1.54, 1.807) is 12.5 Å². The van der Waals surface area contributed by atoms with Crippen molar-refractivity contribution in [2.75, 3.05) is 6.26 Å². The van der Waals surface area contributed by atoms with Crippen molar-refractivity contribution in [3.8, 4) is 0 Å². The fraction of sp³-hybridized carbons (Fsp3) is 0.222. The molecule has 0 radical (unpaired) electrons. The first-order valence-corrected chi connectivity index (χ1v) is 5.14. The third-order valence-electron chi connectivity index (χ3n) is 1.43. The van der Waals surface area contributed by atoms with Crippen LogP contribution in [0.15, 0.2) is 28.7 Å². The maximum atomic E-state index is 10.6. The molecule has 0 aliphatic heterocycles. The van der Waals surface area contributed by atoms with Crippen molar-refractivity contribution in [1.82, 2.24) is 0 Å². The van der Waals surface area contributed by atoms with Crippen LogP contribution < -0.4 is 0 Å². The highest BCUT2D eigenvalue weighted by molar-refractivity contribution is 7.89. The summed E-state index contributed by atoms with van der Waals surface area (Å²) >= 11 is -1.10. The summed E-state index contributed by atoms with van der Waals surface area (Å²) in [5.41, 5.74) is 2.19. The molecule has 3 heteroatoms. The lowest BCUT2D eigenvalue weighted by atomic mass is 10.2. The number of benzene rings is 1. The van der Waals surface area contributed by atoms with Crippen molar-refractivity contribution in [1.29, 1.82) is 0 Å². The fourth-order valence-corrected chi connectivity index (χ4v) is 1.06. The molecule has 1 aromatic carbocycles. The number of nitrogens with zero attached hydrogens (tertiary/aromatic N) is 1. The minimum atomic E-state index is -1.10. The van der Waals surface area contributed by atoms with E-state index in [0.29, 0.717) is 0 Å². The molecule has 64 valence electrons. The Balaban J connectivity index is 2.71. The van der Waals surface area contributed by atoms with Gasteiger partial charge in [-0.2, -0.15) is 0 Å². The Hall–Kier alpha value is -0.800. The van der Waals surface area contributed by atoms with Crippen molar-refractivity contribution >= 4 is 17.6 Å². The zero-order valence-corrected chi connectivity index (χ0v) is 7.97. The molecule has 0 aromatic heterocycles. The molecule has 2 nitrogen and oxygen atoms in total. The monoisotopic (exact) mass is 181 g/mol. The quantitative estimate of drug-likeness (QED) is 0.505. The number of hydrogen-bond acceptors (Lipinski definition) is 2. The highest BCUT2D eigenvalue weighted by Gasteiger charge is 1.90. The Bertz CT molecular complexity index is 266. The van der Waals surface area contributed by atoms with E-state index in [1.165, 1.54) is 5.56 Å². The predicted octanol–water partition coefficient (Wildman–Crippen LogP) is 1.71. The van der Waals surface area contributed by atoms with Crippen LogP contribution >= 0.6 is 0 Å². The van der Waals surface area contributed by atoms with Gasteiger partial charge in [0.05, 0.1) is 17.6 Å². The van der Waals surface area contributed by atoms with E-state index in [9.17, 15) is 4.55 Å². The normalized spacial score (nSPS) is 13.6. The van der Waals surface area contributed by atoms with Gasteiger partial charge in [-0.15, -0.1) is 0 Å². The second-order valence-corrected chi connectivity index (χ2v) is 3.63. The van der Waals surface area contributed by atoms with E-state index < -0.39 is 11.4 Å². The van der Waals surface area contributed by atoms with E-state index in [-0.39, 0.29) is 0 Å². The molecular weight excluding hydrogens is 170 g/mol. The first-order chi connectivity index (χ1) is 5.68. The van der Waals surface area contributed by atoms with Crippen molar-refractivity contribution < 1.29 is 4.55 Å². The molecule has 0 spiro atoms. The molecule has 0 N–H and O–H groups in total. The number of hydrogen-bond donors (Lipinski definition) is 0. The summed E-state index contributed by atoms with van der Waals surface area (Å²) in [5.74, 6) is 0. The van der Waals surface area contributed by atoms with Gasteiger partial charge < -0.3 is 4.55 Å². The average molecular weight is 181 g/mol. The summed E-state index contributed by atoms with van der Waals surface area (Å²) in [6.45, 7) is 2.03. The third kappa shape index (κ3) is 3.07. The molecule has 12 heavy (non-hydrogen) atoms. The lowest BCUT2D eigenvalue weighted by Crippen LogP contribution is -1.91. The van der Waals surface area contributed by atoms with Gasteiger partial charge in [-0.05, 0) is 12.5 Å². The molecule has 1 unspecified atom stereocenters. The van der Waals surface area contributed by atoms with Crippen LogP contribution in [0.5, 0.6) is 0 Å². The molecule has 1 aromatic rings. The van der Waals surface area contributed by atoms with Crippen molar-refractivity contribution in [3.63, 3.8) is 0 Å². The Morgan fingerprint density at radius 3 is 2.42 bits per heavy atom. The Kier molecular flexibility index (Phi) is 3.31. The molecule has 0 bridgehead atoms. The van der Waals surface area contributed by atoms with Gasteiger partial charge in [0, 0.05) is 0 Å². The van der Waals surface area contributed by atoms with Crippen LogP contribution in [0.3, 0.4) is 0 Å². The Morgan fingerprint density at radius 2 is 1.92 bits per heavy atom. The predicted molar refractivity (Wildman–Crippen MR) is 52.8 cm³/mol. The molecule has 0 saturated heterocycles. The average Bonchev–Trinajstić information content (AvgIpc) is 2.03. The van der Waals surface area contributed by atoms with Crippen molar-refractivity contribution in [2.45, 2.75) is 6.92 Å². The van der Waals surface area contributed by atoms with Gasteiger partial charge in [-0.1, -0.05) is 34.2 Å². The maximum Gasteiger partial charge on any atom is 0.123 e. The summed E-state index contributed by atoms with van der Waals surface area (Å²) in [4.78, 5) is 0. The van der Waals surface area contributed by atoms with Gasteiger partial charge in [0.2, 0.25) is 0 Å². The molecule has 0 fully saturated rings. The first-order valence-electron chi connectivity index (χ1n) is 3.63. The molecule has 1 atom stereocenters. The SMILES string of the molecule is Cc1ccc(/C=N/[S+](C)[O-])cc1. The Morgan fingerprint density at radius 1 is 1.33 bits per heavy atom. The van der Waals surface area contributed by atoms with E-state index >= 15 is 0 Å². The molecule has 0 aliphatic rings. The van der Waals surface area contributed by atoms with E-state index in [4.69, 9.17) is 0 Å². The molecule has 0 amide bonds. The second kappa shape index (κ2) is 4.28. The maximum absolute atomic E-state index is 10.6. The van der Waals surface area contributed by atoms with Crippen LogP contribution in [0, 0.1) is 6.92 Å². The summed E-state index contributed by atoms with van der Waals surface area (Å²) in [5, 5.41) is 0. The van der Waals surface area contributed by atoms with Crippen LogP contribution in [0.4, 0.5) is 0 Å². The van der Waals surface area contributed by atoms with Crippen molar-refractivity contribution in [3.05, 3.63) is 35.4 Å². The van der Waals surface area contributed by atoms with Gasteiger partial charge in [0.1, 0.15) is 6.26 Å². The number of rotatable bonds is 2. The van der Waals surface area contributed by atoms with Crippen molar-refractivity contribution in [2.24, 2.45) is 4.40 Å². The van der Waals surface area contributed by atoms with Gasteiger partial charge >= 0.3 is 0 Å². The molecule has 0 heterocycles. The smallest absolute Gasteiger partial charge is 0.123 e. The van der Waals surface area contributed by atoms with E-state index in [0.717, 1.165) is 5.56 Å². The van der Waals surface area contributed by atoms with E-state index in [2.05, 4.69) is 4.40 Å². The second-order valence-electron chi connectivity index (χ2n) is 2.57. The zero-order chi connectivity index (χ0) is 8.97. The number of aryl methyl sites for hydroxylation is 1. The molecule has 1 rings (SSSR count). The summed E-state index contributed by atoms with van der Waals surface area (Å²) in [7, 11) is 0. The molecule has 0 saturated carbocycles. The van der Waals surface area contributed by atoms with Crippen LogP contribution in [-0.4, -0.2) is 17.0 Å². The van der Waals surface area contributed by atoms with Crippen LogP contribution in [0.1, 0.15) is 11.1 Å².